The summed E-state index contributed by atoms with van der Waals surface area (Å²) >= 11 is 5.41. The Labute approximate surface area is 98.5 Å². The van der Waals surface area contributed by atoms with Crippen LogP contribution in [0.4, 0.5) is 13.2 Å². The number of ether oxygens (including phenoxy) is 2. The molecule has 5 nitrogen and oxygen atoms in total. The number of carbonyl (C=O) groups is 1. The minimum atomic E-state index is -4.51. The van der Waals surface area contributed by atoms with Crippen LogP contribution in [0.3, 0.4) is 0 Å². The Morgan fingerprint density at radius 3 is 2.65 bits per heavy atom. The Morgan fingerprint density at radius 2 is 2.12 bits per heavy atom. The summed E-state index contributed by atoms with van der Waals surface area (Å²) in [5.74, 6) is -1.31. The summed E-state index contributed by atoms with van der Waals surface area (Å²) in [7, 11) is 1.09. The van der Waals surface area contributed by atoms with E-state index in [-0.39, 0.29) is 5.69 Å². The van der Waals surface area contributed by atoms with Crippen LogP contribution in [-0.2, 0) is 4.74 Å². The molecule has 0 atom stereocenters. The Hall–Kier alpha value is -1.57. The van der Waals surface area contributed by atoms with Crippen molar-refractivity contribution in [3.05, 3.63) is 17.0 Å². The largest absolute Gasteiger partial charge is 0.468 e. The van der Waals surface area contributed by atoms with E-state index in [1.54, 1.807) is 0 Å². The average Bonchev–Trinajstić information content (AvgIpc) is 2.23. The van der Waals surface area contributed by atoms with E-state index in [0.29, 0.717) is 0 Å². The predicted molar refractivity (Wildman–Crippen MR) is 49.9 cm³/mol. The highest BCUT2D eigenvalue weighted by Gasteiger charge is 2.29. The second-order valence-electron chi connectivity index (χ2n) is 2.76. The highest BCUT2D eigenvalue weighted by atomic mass is 35.5. The lowest BCUT2D eigenvalue weighted by atomic mass is 10.4. The summed E-state index contributed by atoms with van der Waals surface area (Å²) in [4.78, 5) is 17.9. The molecule has 1 rings (SSSR count). The molecule has 0 amide bonds. The van der Waals surface area contributed by atoms with Crippen LogP contribution in [0.15, 0.2) is 6.07 Å². The van der Waals surface area contributed by atoms with Crippen LogP contribution in [0.1, 0.15) is 10.5 Å². The van der Waals surface area contributed by atoms with Crippen molar-refractivity contribution < 1.29 is 27.4 Å². The van der Waals surface area contributed by atoms with Gasteiger partial charge in [-0.15, -0.1) is 0 Å². The summed E-state index contributed by atoms with van der Waals surface area (Å²) in [6, 6.07) is 0.906. The first-order valence-corrected chi connectivity index (χ1v) is 4.52. The van der Waals surface area contributed by atoms with Crippen LogP contribution >= 0.6 is 11.6 Å². The fraction of sp³-hybridized carbons (Fsp3) is 0.375. The SMILES string of the molecule is COC(=O)c1cc(OCC(F)(F)F)nc(Cl)n1. The highest BCUT2D eigenvalue weighted by molar-refractivity contribution is 6.28. The molecule has 0 aliphatic carbocycles. The zero-order chi connectivity index (χ0) is 13.1. The molecular weight excluding hydrogens is 265 g/mol. The molecule has 0 bridgehead atoms. The number of hydrogen-bond acceptors (Lipinski definition) is 5. The molecule has 0 saturated carbocycles. The molecule has 1 aromatic heterocycles. The van der Waals surface area contributed by atoms with E-state index in [1.807, 2.05) is 0 Å². The van der Waals surface area contributed by atoms with Crippen molar-refractivity contribution in [3.8, 4) is 5.88 Å². The minimum absolute atomic E-state index is 0.287. The van der Waals surface area contributed by atoms with Crippen molar-refractivity contribution in [2.45, 2.75) is 6.18 Å². The van der Waals surface area contributed by atoms with Gasteiger partial charge in [-0.2, -0.15) is 18.2 Å². The van der Waals surface area contributed by atoms with Crippen molar-refractivity contribution in [2.75, 3.05) is 13.7 Å². The molecule has 0 fully saturated rings. The maximum atomic E-state index is 11.9. The summed E-state index contributed by atoms with van der Waals surface area (Å²) < 4.78 is 44.3. The van der Waals surface area contributed by atoms with Crippen molar-refractivity contribution in [1.29, 1.82) is 0 Å². The Kier molecular flexibility index (Phi) is 4.11. The van der Waals surface area contributed by atoms with Gasteiger partial charge in [0.2, 0.25) is 11.2 Å². The van der Waals surface area contributed by atoms with Gasteiger partial charge in [-0.25, -0.2) is 9.78 Å². The Morgan fingerprint density at radius 1 is 1.47 bits per heavy atom. The molecule has 1 heterocycles. The maximum absolute atomic E-state index is 11.9. The molecular formula is C8H6ClF3N2O3. The number of nitrogens with zero attached hydrogens (tertiary/aromatic N) is 2. The third-order valence-corrected chi connectivity index (χ3v) is 1.62. The van der Waals surface area contributed by atoms with Gasteiger partial charge in [0.1, 0.15) is 0 Å². The summed E-state index contributed by atoms with van der Waals surface area (Å²) in [6.45, 7) is -1.54. The van der Waals surface area contributed by atoms with Crippen LogP contribution in [0.5, 0.6) is 5.88 Å². The fourth-order valence-corrected chi connectivity index (χ4v) is 1.01. The Balaban J connectivity index is 2.86. The van der Waals surface area contributed by atoms with Crippen molar-refractivity contribution in [3.63, 3.8) is 0 Å². The average molecular weight is 271 g/mol. The molecule has 0 unspecified atom stereocenters. The zero-order valence-electron chi connectivity index (χ0n) is 8.42. The van der Waals surface area contributed by atoms with Gasteiger partial charge < -0.3 is 9.47 Å². The molecule has 17 heavy (non-hydrogen) atoms. The molecule has 9 heteroatoms. The first-order valence-electron chi connectivity index (χ1n) is 4.14. The van der Waals surface area contributed by atoms with Gasteiger partial charge in [-0.05, 0) is 11.6 Å². The van der Waals surface area contributed by atoms with Gasteiger partial charge in [-0.1, -0.05) is 0 Å². The molecule has 0 saturated heterocycles. The van der Waals surface area contributed by atoms with Crippen LogP contribution in [0.25, 0.3) is 0 Å². The summed E-state index contributed by atoms with van der Waals surface area (Å²) in [6.07, 6.45) is -4.51. The molecule has 1 aromatic rings. The third kappa shape index (κ3) is 4.43. The first-order chi connectivity index (χ1) is 7.81. The van der Waals surface area contributed by atoms with E-state index in [0.717, 1.165) is 13.2 Å². The third-order valence-electron chi connectivity index (χ3n) is 1.45. The molecule has 0 aliphatic heterocycles. The summed E-state index contributed by atoms with van der Waals surface area (Å²) in [5, 5.41) is -0.412. The van der Waals surface area contributed by atoms with Gasteiger partial charge >= 0.3 is 12.1 Å². The quantitative estimate of drug-likeness (QED) is 0.620. The van der Waals surface area contributed by atoms with Gasteiger partial charge in [0.15, 0.2) is 12.3 Å². The minimum Gasteiger partial charge on any atom is -0.468 e. The number of hydrogen-bond donors (Lipinski definition) is 0. The number of halogens is 4. The molecule has 0 N–H and O–H groups in total. The highest BCUT2D eigenvalue weighted by Crippen LogP contribution is 2.18. The predicted octanol–water partition coefficient (Wildman–Crippen LogP) is 1.86. The number of carbonyl (C=O) groups excluding carboxylic acids is 1. The molecule has 0 radical (unpaired) electrons. The summed E-state index contributed by atoms with van der Waals surface area (Å²) in [5.41, 5.74) is -0.287. The van der Waals surface area contributed by atoms with E-state index in [4.69, 9.17) is 11.6 Å². The van der Waals surface area contributed by atoms with Crippen LogP contribution in [0, 0.1) is 0 Å². The van der Waals surface area contributed by atoms with E-state index in [9.17, 15) is 18.0 Å². The number of aromatic nitrogens is 2. The van der Waals surface area contributed by atoms with E-state index < -0.39 is 29.9 Å². The molecule has 0 spiro atoms. The normalized spacial score (nSPS) is 11.1. The number of methoxy groups -OCH3 is 1. The van der Waals surface area contributed by atoms with E-state index in [2.05, 4.69) is 19.4 Å². The first kappa shape index (κ1) is 13.5. The lowest BCUT2D eigenvalue weighted by Gasteiger charge is -2.08. The van der Waals surface area contributed by atoms with Gasteiger partial charge in [0.05, 0.1) is 7.11 Å². The van der Waals surface area contributed by atoms with Crippen LogP contribution in [-0.4, -0.2) is 35.8 Å². The van der Waals surface area contributed by atoms with E-state index in [1.165, 1.54) is 0 Å². The van der Waals surface area contributed by atoms with Gasteiger partial charge in [0.25, 0.3) is 0 Å². The van der Waals surface area contributed by atoms with Crippen molar-refractivity contribution in [2.24, 2.45) is 0 Å². The topological polar surface area (TPSA) is 61.3 Å². The molecule has 0 aromatic carbocycles. The number of esters is 1. The van der Waals surface area contributed by atoms with Gasteiger partial charge in [-0.3, -0.25) is 0 Å². The lowest BCUT2D eigenvalue weighted by Crippen LogP contribution is -2.20. The zero-order valence-corrected chi connectivity index (χ0v) is 9.17. The van der Waals surface area contributed by atoms with Crippen LogP contribution in [0.2, 0.25) is 5.28 Å². The number of alkyl halides is 3. The van der Waals surface area contributed by atoms with Crippen LogP contribution < -0.4 is 4.74 Å². The number of rotatable bonds is 3. The van der Waals surface area contributed by atoms with Crippen molar-refractivity contribution >= 4 is 17.6 Å². The maximum Gasteiger partial charge on any atom is 0.422 e. The standard InChI is InChI=1S/C8H6ClF3N2O3/c1-16-6(15)4-2-5(14-7(9)13-4)17-3-8(10,11)12/h2H,3H2,1H3. The Bertz CT molecular complexity index is 425. The fourth-order valence-electron chi connectivity index (χ4n) is 0.836. The van der Waals surface area contributed by atoms with Gasteiger partial charge in [0, 0.05) is 6.07 Å². The molecule has 94 valence electrons. The second-order valence-corrected chi connectivity index (χ2v) is 3.09. The smallest absolute Gasteiger partial charge is 0.422 e. The monoisotopic (exact) mass is 270 g/mol. The van der Waals surface area contributed by atoms with Crippen molar-refractivity contribution in [1.82, 2.24) is 9.97 Å². The second kappa shape index (κ2) is 5.17. The lowest BCUT2D eigenvalue weighted by molar-refractivity contribution is -0.154. The molecule has 0 aliphatic rings. The van der Waals surface area contributed by atoms with E-state index >= 15 is 0 Å².